The summed E-state index contributed by atoms with van der Waals surface area (Å²) in [7, 11) is 0. The number of ether oxygens (including phenoxy) is 1. The van der Waals surface area contributed by atoms with Gasteiger partial charge >= 0.3 is 0 Å². The average molecular weight is 369 g/mol. The van der Waals surface area contributed by atoms with Crippen LogP contribution in [-0.4, -0.2) is 23.2 Å². The Morgan fingerprint density at radius 2 is 1.56 bits per heavy atom. The smallest absolute Gasteiger partial charge is 0.269 e. The summed E-state index contributed by atoms with van der Waals surface area (Å²) >= 11 is 0. The van der Waals surface area contributed by atoms with Crippen molar-refractivity contribution in [3.63, 3.8) is 0 Å². The standard InChI is InChI=1S/C22H27NO4/c24-16-8-3-1-2-4-9-17-27-22(18-19-10-6-5-7-11-19)20-12-14-21(15-13-20)23(25)26/h5-7,10-15,18,24H,1-4,8-9,16-17H2. The first-order valence-electron chi connectivity index (χ1n) is 9.46. The Morgan fingerprint density at radius 1 is 0.926 bits per heavy atom. The number of rotatable bonds is 12. The highest BCUT2D eigenvalue weighted by atomic mass is 16.6. The number of aliphatic hydroxyl groups excluding tert-OH is 1. The normalized spacial score (nSPS) is 11.4. The zero-order valence-electron chi connectivity index (χ0n) is 15.5. The van der Waals surface area contributed by atoms with E-state index in [0.29, 0.717) is 6.61 Å². The molecule has 0 aliphatic carbocycles. The maximum Gasteiger partial charge on any atom is 0.269 e. The maximum atomic E-state index is 10.9. The van der Waals surface area contributed by atoms with Gasteiger partial charge in [-0.1, -0.05) is 56.0 Å². The summed E-state index contributed by atoms with van der Waals surface area (Å²) in [5.41, 5.74) is 1.92. The molecule has 2 rings (SSSR count). The van der Waals surface area contributed by atoms with E-state index in [2.05, 4.69) is 0 Å². The van der Waals surface area contributed by atoms with E-state index in [1.807, 2.05) is 36.4 Å². The van der Waals surface area contributed by atoms with Gasteiger partial charge in [0.25, 0.3) is 5.69 Å². The largest absolute Gasteiger partial charge is 0.493 e. The predicted molar refractivity (Wildman–Crippen MR) is 108 cm³/mol. The molecule has 0 radical (unpaired) electrons. The number of nitro benzene ring substituents is 1. The third-order valence-corrected chi connectivity index (χ3v) is 4.27. The lowest BCUT2D eigenvalue weighted by atomic mass is 10.1. The van der Waals surface area contributed by atoms with Crippen molar-refractivity contribution < 1.29 is 14.8 Å². The molecule has 2 aromatic rings. The molecule has 0 bridgehead atoms. The van der Waals surface area contributed by atoms with Crippen molar-refractivity contribution in [2.75, 3.05) is 13.2 Å². The molecule has 0 heterocycles. The third-order valence-electron chi connectivity index (χ3n) is 4.27. The van der Waals surface area contributed by atoms with Crippen molar-refractivity contribution in [3.8, 4) is 0 Å². The molecule has 2 aromatic carbocycles. The summed E-state index contributed by atoms with van der Waals surface area (Å²) in [5, 5.41) is 19.6. The number of nitrogens with zero attached hydrogens (tertiary/aromatic N) is 1. The summed E-state index contributed by atoms with van der Waals surface area (Å²) < 4.78 is 6.01. The van der Waals surface area contributed by atoms with Crippen LogP contribution in [0.3, 0.4) is 0 Å². The van der Waals surface area contributed by atoms with Gasteiger partial charge in [0.15, 0.2) is 0 Å². The Morgan fingerprint density at radius 3 is 2.19 bits per heavy atom. The highest BCUT2D eigenvalue weighted by Crippen LogP contribution is 2.23. The minimum atomic E-state index is -0.401. The van der Waals surface area contributed by atoms with Gasteiger partial charge in [-0.15, -0.1) is 0 Å². The van der Waals surface area contributed by atoms with Crippen LogP contribution in [0.25, 0.3) is 11.8 Å². The average Bonchev–Trinajstić information content (AvgIpc) is 2.70. The molecule has 0 saturated carbocycles. The second-order valence-corrected chi connectivity index (χ2v) is 6.42. The molecule has 5 nitrogen and oxygen atoms in total. The molecule has 0 aromatic heterocycles. The van der Waals surface area contributed by atoms with Gasteiger partial charge in [0, 0.05) is 24.3 Å². The van der Waals surface area contributed by atoms with E-state index in [9.17, 15) is 10.1 Å². The minimum Gasteiger partial charge on any atom is -0.493 e. The second-order valence-electron chi connectivity index (χ2n) is 6.42. The van der Waals surface area contributed by atoms with Gasteiger partial charge in [-0.3, -0.25) is 10.1 Å². The highest BCUT2D eigenvalue weighted by molar-refractivity contribution is 5.77. The van der Waals surface area contributed by atoms with Crippen LogP contribution >= 0.6 is 0 Å². The van der Waals surface area contributed by atoms with E-state index >= 15 is 0 Å². The van der Waals surface area contributed by atoms with Crippen LogP contribution in [0.1, 0.15) is 49.7 Å². The Kier molecular flexibility index (Phi) is 9.07. The van der Waals surface area contributed by atoms with Gasteiger partial charge in [0.1, 0.15) is 5.76 Å². The van der Waals surface area contributed by atoms with Gasteiger partial charge in [0.05, 0.1) is 11.5 Å². The number of hydrogen-bond acceptors (Lipinski definition) is 4. The highest BCUT2D eigenvalue weighted by Gasteiger charge is 2.08. The lowest BCUT2D eigenvalue weighted by molar-refractivity contribution is -0.384. The molecule has 1 N–H and O–H groups in total. The molecule has 0 aliphatic rings. The predicted octanol–water partition coefficient (Wildman–Crippen LogP) is 5.44. The van der Waals surface area contributed by atoms with Crippen molar-refractivity contribution >= 4 is 17.5 Å². The number of non-ortho nitro benzene ring substituents is 1. The summed E-state index contributed by atoms with van der Waals surface area (Å²) in [6.07, 6.45) is 8.22. The van der Waals surface area contributed by atoms with Crippen molar-refractivity contribution in [2.45, 2.75) is 38.5 Å². The van der Waals surface area contributed by atoms with E-state index < -0.39 is 4.92 Å². The Labute approximate surface area is 160 Å². The minimum absolute atomic E-state index is 0.0701. The third kappa shape index (κ3) is 7.62. The summed E-state index contributed by atoms with van der Waals surface area (Å²) in [4.78, 5) is 10.5. The lowest BCUT2D eigenvalue weighted by Crippen LogP contribution is -1.96. The van der Waals surface area contributed by atoms with Crippen LogP contribution in [0.2, 0.25) is 0 Å². The van der Waals surface area contributed by atoms with Crippen LogP contribution in [0.4, 0.5) is 5.69 Å². The fourth-order valence-electron chi connectivity index (χ4n) is 2.76. The molecular weight excluding hydrogens is 342 g/mol. The zero-order valence-corrected chi connectivity index (χ0v) is 15.5. The first kappa shape index (κ1) is 20.6. The van der Waals surface area contributed by atoms with Crippen molar-refractivity contribution in [3.05, 3.63) is 75.8 Å². The van der Waals surface area contributed by atoms with Gasteiger partial charge in [-0.25, -0.2) is 0 Å². The van der Waals surface area contributed by atoms with Crippen LogP contribution in [0.15, 0.2) is 54.6 Å². The fourth-order valence-corrected chi connectivity index (χ4v) is 2.76. The van der Waals surface area contributed by atoms with E-state index in [4.69, 9.17) is 9.84 Å². The van der Waals surface area contributed by atoms with Crippen molar-refractivity contribution in [1.82, 2.24) is 0 Å². The van der Waals surface area contributed by atoms with Gasteiger partial charge in [0.2, 0.25) is 0 Å². The zero-order chi connectivity index (χ0) is 19.3. The molecule has 0 fully saturated rings. The van der Waals surface area contributed by atoms with E-state index in [-0.39, 0.29) is 12.3 Å². The number of nitro groups is 1. The van der Waals surface area contributed by atoms with Crippen molar-refractivity contribution in [2.24, 2.45) is 0 Å². The lowest BCUT2D eigenvalue weighted by Gasteiger charge is -2.11. The number of hydrogen-bond donors (Lipinski definition) is 1. The van der Waals surface area contributed by atoms with Crippen LogP contribution in [0.5, 0.6) is 0 Å². The molecule has 27 heavy (non-hydrogen) atoms. The van der Waals surface area contributed by atoms with Crippen LogP contribution < -0.4 is 0 Å². The quantitative estimate of drug-likeness (QED) is 0.178. The van der Waals surface area contributed by atoms with Gasteiger partial charge < -0.3 is 9.84 Å². The molecule has 144 valence electrons. The van der Waals surface area contributed by atoms with Gasteiger partial charge in [-0.2, -0.15) is 0 Å². The summed E-state index contributed by atoms with van der Waals surface area (Å²) in [6.45, 7) is 0.877. The Balaban J connectivity index is 1.96. The van der Waals surface area contributed by atoms with Crippen LogP contribution in [0, 0.1) is 10.1 Å². The number of benzene rings is 2. The molecule has 0 amide bonds. The molecule has 0 unspecified atom stereocenters. The summed E-state index contributed by atoms with van der Waals surface area (Å²) in [5.74, 6) is 0.719. The maximum absolute atomic E-state index is 10.9. The van der Waals surface area contributed by atoms with Crippen LogP contribution in [-0.2, 0) is 4.74 Å². The van der Waals surface area contributed by atoms with Crippen molar-refractivity contribution in [1.29, 1.82) is 0 Å². The Hall–Kier alpha value is -2.66. The molecular formula is C22H27NO4. The first-order valence-corrected chi connectivity index (χ1v) is 9.46. The molecule has 0 spiro atoms. The van der Waals surface area contributed by atoms with E-state index in [0.717, 1.165) is 55.4 Å². The summed E-state index contributed by atoms with van der Waals surface area (Å²) in [6, 6.07) is 16.3. The second kappa shape index (κ2) is 11.9. The molecule has 0 aliphatic heterocycles. The fraction of sp³-hybridized carbons (Fsp3) is 0.364. The molecule has 0 atom stereocenters. The topological polar surface area (TPSA) is 72.6 Å². The first-order chi connectivity index (χ1) is 13.2. The Bertz CT molecular complexity index is 711. The molecule has 0 saturated heterocycles. The monoisotopic (exact) mass is 369 g/mol. The number of unbranched alkanes of at least 4 members (excludes halogenated alkanes) is 5. The van der Waals surface area contributed by atoms with E-state index in [1.54, 1.807) is 12.1 Å². The SMILES string of the molecule is O=[N+]([O-])c1ccc(C(=Cc2ccccc2)OCCCCCCCCO)cc1. The number of aliphatic hydroxyl groups is 1. The molecule has 5 heteroatoms. The van der Waals surface area contributed by atoms with E-state index in [1.165, 1.54) is 12.1 Å². The van der Waals surface area contributed by atoms with Gasteiger partial charge in [-0.05, 0) is 36.6 Å².